The Hall–Kier alpha value is -14.6. The number of para-hydroxylation sites is 5. The van der Waals surface area contributed by atoms with Gasteiger partial charge in [-0.2, -0.15) is 0 Å². The molecule has 0 N–H and O–H groups in total. The largest absolute Gasteiger partial charge is 0.309 e. The zero-order valence-electron chi connectivity index (χ0n) is 58.4. The van der Waals surface area contributed by atoms with E-state index in [0.29, 0.717) is 11.6 Å². The van der Waals surface area contributed by atoms with Gasteiger partial charge < -0.3 is 18.3 Å². The second-order valence-corrected chi connectivity index (χ2v) is 28.1. The van der Waals surface area contributed by atoms with Gasteiger partial charge in [-0.05, 0) is 167 Å². The Balaban J connectivity index is 0.621. The molecule has 0 unspecified atom stereocenters. The first-order valence-corrected chi connectivity index (χ1v) is 36.8. The predicted molar refractivity (Wildman–Crippen MR) is 448 cm³/mol. The highest BCUT2D eigenvalue weighted by molar-refractivity contribution is 6.18. The van der Waals surface area contributed by atoms with Gasteiger partial charge in [0.05, 0.1) is 66.6 Å². The summed E-state index contributed by atoms with van der Waals surface area (Å²) >= 11 is 0. The van der Waals surface area contributed by atoms with Gasteiger partial charge in [0.15, 0.2) is 11.6 Å². The summed E-state index contributed by atoms with van der Waals surface area (Å²) in [5, 5.41) is 11.6. The zero-order valence-corrected chi connectivity index (χ0v) is 58.4. The molecular formula is C100H62N8. The molecule has 22 aromatic rings. The summed E-state index contributed by atoms with van der Waals surface area (Å²) in [5.41, 5.74) is 27.7. The summed E-state index contributed by atoms with van der Waals surface area (Å²) in [6.07, 6.45) is 0. The van der Waals surface area contributed by atoms with Crippen LogP contribution in [0, 0.1) is 0 Å². The molecule has 0 bridgehead atoms. The molecule has 16 aromatic carbocycles. The molecule has 0 aliphatic rings. The minimum absolute atomic E-state index is 0.661. The maximum atomic E-state index is 5.52. The van der Waals surface area contributed by atoms with Gasteiger partial charge in [-0.25, -0.2) is 19.9 Å². The van der Waals surface area contributed by atoms with E-state index in [0.717, 1.165) is 150 Å². The first-order valence-electron chi connectivity index (χ1n) is 36.8. The van der Waals surface area contributed by atoms with Crippen LogP contribution in [-0.2, 0) is 0 Å². The number of benzene rings is 16. The first-order chi connectivity index (χ1) is 53.5. The number of fused-ring (bicyclic) bond motifs is 14. The Morgan fingerprint density at radius 2 is 0.509 bits per heavy atom. The Labute approximate surface area is 620 Å². The highest BCUT2D eigenvalue weighted by Gasteiger charge is 2.23. The van der Waals surface area contributed by atoms with Crippen LogP contribution in [0.3, 0.4) is 0 Å². The molecule has 0 aliphatic heterocycles. The van der Waals surface area contributed by atoms with Gasteiger partial charge in [-0.15, -0.1) is 0 Å². The fourth-order valence-corrected chi connectivity index (χ4v) is 17.0. The molecule has 0 saturated heterocycles. The summed E-state index contributed by atoms with van der Waals surface area (Å²) in [6.45, 7) is 0. The molecule has 0 amide bonds. The fourth-order valence-electron chi connectivity index (χ4n) is 17.0. The first kappa shape index (κ1) is 60.9. The van der Waals surface area contributed by atoms with E-state index < -0.39 is 0 Å². The van der Waals surface area contributed by atoms with Crippen LogP contribution in [0.4, 0.5) is 0 Å². The zero-order chi connectivity index (χ0) is 70.9. The fraction of sp³-hybridized carbons (Fsp3) is 0. The molecule has 8 nitrogen and oxygen atoms in total. The maximum Gasteiger partial charge on any atom is 0.160 e. The van der Waals surface area contributed by atoms with Crippen LogP contribution in [-0.4, -0.2) is 38.2 Å². The standard InChI is InChI=1S/C100H62N8/c1-4-22-63(23-5-1)69-49-55-82-86(59-69)101-99(68-46-50-72(51-47-68)105-90-38-17-12-32-79(90)84-61-74(52-56-93(84)105)107-88-36-15-10-30-77(88)78-31-11-16-37-89(78)107)103-98(82)67-44-42-65(43-45-67)76-35-21-41-95-96(76)83-34-14-19-40-92(83)108(95)75-53-57-94-85(62-75)80-33-13-18-39-91(80)106(94)73-29-20-28-71(58-73)100-102-87-60-70(64-24-6-2-7-25-64)48-54-81(87)97(104-100)66-26-8-3-9-27-66/h1-62H. The van der Waals surface area contributed by atoms with E-state index >= 15 is 0 Å². The van der Waals surface area contributed by atoms with Crippen LogP contribution < -0.4 is 0 Å². The number of nitrogens with zero attached hydrogens (tertiary/aromatic N) is 8. The van der Waals surface area contributed by atoms with Gasteiger partial charge in [0, 0.05) is 98.9 Å². The highest BCUT2D eigenvalue weighted by atomic mass is 15.0. The van der Waals surface area contributed by atoms with Crippen LogP contribution in [0.25, 0.3) is 210 Å². The average Bonchev–Trinajstić information content (AvgIpc) is 1.55. The number of rotatable bonds is 11. The summed E-state index contributed by atoms with van der Waals surface area (Å²) in [5.74, 6) is 1.33. The number of hydrogen-bond acceptors (Lipinski definition) is 4. The summed E-state index contributed by atoms with van der Waals surface area (Å²) in [6, 6.07) is 135. The van der Waals surface area contributed by atoms with E-state index in [9.17, 15) is 0 Å². The lowest BCUT2D eigenvalue weighted by Gasteiger charge is -2.13. The van der Waals surface area contributed by atoms with E-state index in [2.05, 4.69) is 388 Å². The topological polar surface area (TPSA) is 71.3 Å². The van der Waals surface area contributed by atoms with Crippen molar-refractivity contribution in [2.45, 2.75) is 0 Å². The lowest BCUT2D eigenvalue weighted by Crippen LogP contribution is -1.98. The minimum Gasteiger partial charge on any atom is -0.309 e. The van der Waals surface area contributed by atoms with E-state index in [1.807, 2.05) is 6.07 Å². The van der Waals surface area contributed by atoms with E-state index in [1.165, 1.54) is 48.7 Å². The molecule has 6 heterocycles. The van der Waals surface area contributed by atoms with E-state index in [1.54, 1.807) is 0 Å². The van der Waals surface area contributed by atoms with Crippen LogP contribution in [0.2, 0.25) is 0 Å². The van der Waals surface area contributed by atoms with Crippen molar-refractivity contribution in [1.82, 2.24) is 38.2 Å². The third-order valence-corrected chi connectivity index (χ3v) is 22.0. The smallest absolute Gasteiger partial charge is 0.160 e. The molecule has 0 fully saturated rings. The Morgan fingerprint density at radius 1 is 0.167 bits per heavy atom. The Kier molecular flexibility index (Phi) is 13.8. The van der Waals surface area contributed by atoms with Gasteiger partial charge in [0.2, 0.25) is 0 Å². The van der Waals surface area contributed by atoms with E-state index in [4.69, 9.17) is 19.9 Å². The molecule has 6 aromatic heterocycles. The molecule has 0 spiro atoms. The van der Waals surface area contributed by atoms with Crippen molar-refractivity contribution < 1.29 is 0 Å². The average molecular weight is 1380 g/mol. The SMILES string of the molecule is c1ccc(-c2ccc3c(-c4ccc(-c5cccc6c5c5ccccc5n6-c5ccc6c(c5)c5ccccc5n6-c5cccc(-c6nc(-c7ccccc7)c7ccc(-c8ccccc8)cc7n6)c5)cc4)nc(-c4ccc(-n5c6ccccc6c6cc(-n7c8ccccc8c8ccccc87)ccc65)cc4)nc3c2)cc1. The summed E-state index contributed by atoms with van der Waals surface area (Å²) in [7, 11) is 0. The minimum atomic E-state index is 0.661. The normalized spacial score (nSPS) is 11.9. The molecule has 502 valence electrons. The second kappa shape index (κ2) is 24.5. The molecular weight excluding hydrogens is 1310 g/mol. The lowest BCUT2D eigenvalue weighted by atomic mass is 9.96. The van der Waals surface area contributed by atoms with E-state index in [-0.39, 0.29) is 0 Å². The van der Waals surface area contributed by atoms with Crippen LogP contribution in [0.1, 0.15) is 0 Å². The van der Waals surface area contributed by atoms with Crippen LogP contribution in [0.15, 0.2) is 376 Å². The van der Waals surface area contributed by atoms with Crippen molar-refractivity contribution in [2.24, 2.45) is 0 Å². The molecule has 8 heteroatoms. The van der Waals surface area contributed by atoms with Gasteiger partial charge >= 0.3 is 0 Å². The van der Waals surface area contributed by atoms with Gasteiger partial charge in [-0.3, -0.25) is 0 Å². The second-order valence-electron chi connectivity index (χ2n) is 28.1. The monoisotopic (exact) mass is 1370 g/mol. The van der Waals surface area contributed by atoms with Gasteiger partial charge in [0.25, 0.3) is 0 Å². The van der Waals surface area contributed by atoms with Crippen molar-refractivity contribution >= 4 is 109 Å². The van der Waals surface area contributed by atoms with Crippen molar-refractivity contribution in [3.05, 3.63) is 376 Å². The third-order valence-electron chi connectivity index (χ3n) is 22.0. The quantitative estimate of drug-likeness (QED) is 0.129. The summed E-state index contributed by atoms with van der Waals surface area (Å²) in [4.78, 5) is 21.6. The third kappa shape index (κ3) is 9.78. The predicted octanol–water partition coefficient (Wildman–Crippen LogP) is 25.6. The highest BCUT2D eigenvalue weighted by Crippen LogP contribution is 2.44. The molecule has 0 saturated carbocycles. The Bertz CT molecular complexity index is 7340. The molecule has 0 radical (unpaired) electrons. The Morgan fingerprint density at radius 3 is 1.03 bits per heavy atom. The summed E-state index contributed by atoms with van der Waals surface area (Å²) < 4.78 is 9.61. The van der Waals surface area contributed by atoms with Crippen molar-refractivity contribution in [2.75, 3.05) is 0 Å². The van der Waals surface area contributed by atoms with Crippen LogP contribution in [0.5, 0.6) is 0 Å². The van der Waals surface area contributed by atoms with Crippen LogP contribution >= 0.6 is 0 Å². The van der Waals surface area contributed by atoms with Gasteiger partial charge in [-0.1, -0.05) is 243 Å². The van der Waals surface area contributed by atoms with Crippen molar-refractivity contribution in [3.8, 4) is 101 Å². The lowest BCUT2D eigenvalue weighted by molar-refractivity contribution is 1.16. The van der Waals surface area contributed by atoms with Crippen molar-refractivity contribution in [3.63, 3.8) is 0 Å². The molecule has 108 heavy (non-hydrogen) atoms. The van der Waals surface area contributed by atoms with Gasteiger partial charge in [0.1, 0.15) is 0 Å². The van der Waals surface area contributed by atoms with Crippen molar-refractivity contribution in [1.29, 1.82) is 0 Å². The molecule has 22 rings (SSSR count). The molecule has 0 atom stereocenters. The maximum absolute atomic E-state index is 5.52. The number of hydrogen-bond donors (Lipinski definition) is 0. The molecule has 0 aliphatic carbocycles. The number of aromatic nitrogens is 8.